The van der Waals surface area contributed by atoms with Crippen molar-refractivity contribution in [2.45, 2.75) is 19.4 Å². The van der Waals surface area contributed by atoms with Crippen LogP contribution in [-0.2, 0) is 6.42 Å². The van der Waals surface area contributed by atoms with Crippen molar-refractivity contribution in [2.24, 2.45) is 5.73 Å². The minimum atomic E-state index is 0. The zero-order valence-corrected chi connectivity index (χ0v) is 10.7. The number of benzene rings is 1. The van der Waals surface area contributed by atoms with Gasteiger partial charge in [0, 0.05) is 28.0 Å². The molecule has 15 heavy (non-hydrogen) atoms. The number of hydrogen-bond acceptors (Lipinski definition) is 2. The van der Waals surface area contributed by atoms with Gasteiger partial charge in [0.2, 0.25) is 0 Å². The maximum Gasteiger partial charge on any atom is 0.0934 e. The Bertz CT molecular complexity index is 453. The SMILES string of the molecule is CC(N)Cc1[nH]nc2cc(Br)ccc12.Cl. The van der Waals surface area contributed by atoms with Crippen LogP contribution in [0.1, 0.15) is 12.6 Å². The summed E-state index contributed by atoms with van der Waals surface area (Å²) < 4.78 is 1.05. The number of fused-ring (bicyclic) bond motifs is 1. The highest BCUT2D eigenvalue weighted by Crippen LogP contribution is 2.21. The molecule has 1 atom stereocenters. The Morgan fingerprint density at radius 1 is 1.53 bits per heavy atom. The minimum Gasteiger partial charge on any atom is -0.328 e. The van der Waals surface area contributed by atoms with Gasteiger partial charge in [0.05, 0.1) is 5.52 Å². The van der Waals surface area contributed by atoms with Gasteiger partial charge in [0.15, 0.2) is 0 Å². The molecule has 0 aliphatic carbocycles. The molecule has 0 saturated carbocycles. The average Bonchev–Trinajstić information content (AvgIpc) is 2.47. The van der Waals surface area contributed by atoms with E-state index in [0.717, 1.165) is 27.5 Å². The zero-order chi connectivity index (χ0) is 10.1. The first-order chi connectivity index (χ1) is 6.66. The highest BCUT2D eigenvalue weighted by molar-refractivity contribution is 9.10. The van der Waals surface area contributed by atoms with Crippen molar-refractivity contribution in [3.8, 4) is 0 Å². The van der Waals surface area contributed by atoms with Crippen LogP contribution in [0, 0.1) is 0 Å². The van der Waals surface area contributed by atoms with E-state index in [9.17, 15) is 0 Å². The summed E-state index contributed by atoms with van der Waals surface area (Å²) in [5.74, 6) is 0. The highest BCUT2D eigenvalue weighted by atomic mass is 79.9. The third kappa shape index (κ3) is 2.71. The van der Waals surface area contributed by atoms with E-state index in [1.165, 1.54) is 0 Å². The molecule has 0 aliphatic rings. The summed E-state index contributed by atoms with van der Waals surface area (Å²) in [5, 5.41) is 8.40. The van der Waals surface area contributed by atoms with Crippen molar-refractivity contribution in [1.29, 1.82) is 0 Å². The van der Waals surface area contributed by atoms with Crippen LogP contribution in [0.15, 0.2) is 22.7 Å². The highest BCUT2D eigenvalue weighted by Gasteiger charge is 2.06. The van der Waals surface area contributed by atoms with Gasteiger partial charge in [-0.2, -0.15) is 5.10 Å². The van der Waals surface area contributed by atoms with Crippen LogP contribution >= 0.6 is 28.3 Å². The van der Waals surface area contributed by atoms with Gasteiger partial charge in [-0.25, -0.2) is 0 Å². The lowest BCUT2D eigenvalue weighted by molar-refractivity contribution is 0.722. The number of nitrogens with zero attached hydrogens (tertiary/aromatic N) is 1. The van der Waals surface area contributed by atoms with Gasteiger partial charge in [-0.1, -0.05) is 15.9 Å². The Morgan fingerprint density at radius 2 is 2.27 bits per heavy atom. The lowest BCUT2D eigenvalue weighted by atomic mass is 10.1. The molecule has 5 heteroatoms. The third-order valence-electron chi connectivity index (χ3n) is 2.12. The molecule has 0 amide bonds. The second kappa shape index (κ2) is 4.96. The standard InChI is InChI=1S/C10H12BrN3.ClH/c1-6(12)4-9-8-3-2-7(11)5-10(8)14-13-9;/h2-3,5-6H,4,12H2,1H3,(H,13,14);1H. The Balaban J connectivity index is 0.00000112. The minimum absolute atomic E-state index is 0. The van der Waals surface area contributed by atoms with E-state index >= 15 is 0 Å². The van der Waals surface area contributed by atoms with Crippen LogP contribution in [0.3, 0.4) is 0 Å². The van der Waals surface area contributed by atoms with E-state index in [-0.39, 0.29) is 18.4 Å². The Labute approximate surface area is 103 Å². The summed E-state index contributed by atoms with van der Waals surface area (Å²) >= 11 is 3.41. The molecule has 3 N–H and O–H groups in total. The first kappa shape index (κ1) is 12.5. The first-order valence-corrected chi connectivity index (χ1v) is 5.34. The largest absolute Gasteiger partial charge is 0.328 e. The van der Waals surface area contributed by atoms with Gasteiger partial charge in [-0.3, -0.25) is 5.10 Å². The molecule has 1 aromatic heterocycles. The smallest absolute Gasteiger partial charge is 0.0934 e. The molecule has 0 spiro atoms. The molecule has 2 aromatic rings. The molecular weight excluding hydrogens is 277 g/mol. The first-order valence-electron chi connectivity index (χ1n) is 4.55. The van der Waals surface area contributed by atoms with Crippen molar-refractivity contribution in [2.75, 3.05) is 0 Å². The molecule has 1 aromatic carbocycles. The number of rotatable bonds is 2. The van der Waals surface area contributed by atoms with Crippen LogP contribution in [-0.4, -0.2) is 16.2 Å². The van der Waals surface area contributed by atoms with Crippen molar-refractivity contribution in [1.82, 2.24) is 10.2 Å². The molecule has 0 bridgehead atoms. The summed E-state index contributed by atoms with van der Waals surface area (Å²) in [7, 11) is 0. The van der Waals surface area contributed by atoms with Crippen LogP contribution in [0.25, 0.3) is 10.9 Å². The number of H-pyrrole nitrogens is 1. The molecule has 1 heterocycles. The summed E-state index contributed by atoms with van der Waals surface area (Å²) in [6.45, 7) is 1.99. The molecule has 0 aliphatic heterocycles. The monoisotopic (exact) mass is 289 g/mol. The molecule has 2 rings (SSSR count). The maximum atomic E-state index is 5.75. The van der Waals surface area contributed by atoms with E-state index in [4.69, 9.17) is 5.73 Å². The Morgan fingerprint density at radius 3 is 2.93 bits per heavy atom. The Hall–Kier alpha value is -0.580. The number of aromatic amines is 1. The second-order valence-electron chi connectivity index (χ2n) is 3.55. The number of halogens is 2. The van der Waals surface area contributed by atoms with Crippen molar-refractivity contribution >= 4 is 39.2 Å². The van der Waals surface area contributed by atoms with Crippen molar-refractivity contribution < 1.29 is 0 Å². The number of nitrogens with two attached hydrogens (primary N) is 1. The van der Waals surface area contributed by atoms with Crippen LogP contribution < -0.4 is 5.73 Å². The molecule has 0 saturated heterocycles. The number of aromatic nitrogens is 2. The lowest BCUT2D eigenvalue weighted by Gasteiger charge is -2.01. The molecule has 82 valence electrons. The number of hydrogen-bond donors (Lipinski definition) is 2. The summed E-state index contributed by atoms with van der Waals surface area (Å²) in [6.07, 6.45) is 0.831. The predicted molar refractivity (Wildman–Crippen MR) is 68.4 cm³/mol. The van der Waals surface area contributed by atoms with E-state index in [1.807, 2.05) is 19.1 Å². The van der Waals surface area contributed by atoms with E-state index in [2.05, 4.69) is 32.2 Å². The quantitative estimate of drug-likeness (QED) is 0.893. The molecule has 3 nitrogen and oxygen atoms in total. The van der Waals surface area contributed by atoms with Crippen molar-refractivity contribution in [3.05, 3.63) is 28.4 Å². The molecular formula is C10H13BrClN3. The van der Waals surface area contributed by atoms with Gasteiger partial charge >= 0.3 is 0 Å². The van der Waals surface area contributed by atoms with E-state index in [1.54, 1.807) is 0 Å². The summed E-state index contributed by atoms with van der Waals surface area (Å²) in [5.41, 5.74) is 7.84. The molecule has 1 unspecified atom stereocenters. The van der Waals surface area contributed by atoms with Crippen LogP contribution in [0.5, 0.6) is 0 Å². The van der Waals surface area contributed by atoms with E-state index < -0.39 is 0 Å². The fraction of sp³-hybridized carbons (Fsp3) is 0.300. The topological polar surface area (TPSA) is 54.7 Å². The van der Waals surface area contributed by atoms with Gasteiger partial charge in [0.25, 0.3) is 0 Å². The summed E-state index contributed by atoms with van der Waals surface area (Å²) in [4.78, 5) is 0. The lowest BCUT2D eigenvalue weighted by Crippen LogP contribution is -2.18. The van der Waals surface area contributed by atoms with Crippen LogP contribution in [0.2, 0.25) is 0 Å². The van der Waals surface area contributed by atoms with E-state index in [0.29, 0.717) is 0 Å². The fourth-order valence-electron chi connectivity index (χ4n) is 1.52. The van der Waals surface area contributed by atoms with Gasteiger partial charge in [0.1, 0.15) is 0 Å². The molecule has 0 fully saturated rings. The zero-order valence-electron chi connectivity index (χ0n) is 8.33. The fourth-order valence-corrected chi connectivity index (χ4v) is 1.87. The van der Waals surface area contributed by atoms with Gasteiger partial charge < -0.3 is 5.73 Å². The molecule has 0 radical (unpaired) electrons. The summed E-state index contributed by atoms with van der Waals surface area (Å²) in [6, 6.07) is 6.22. The average molecular weight is 291 g/mol. The van der Waals surface area contributed by atoms with Crippen LogP contribution in [0.4, 0.5) is 0 Å². The number of nitrogens with one attached hydrogen (secondary N) is 1. The second-order valence-corrected chi connectivity index (χ2v) is 4.46. The van der Waals surface area contributed by atoms with Gasteiger partial charge in [-0.15, -0.1) is 12.4 Å². The third-order valence-corrected chi connectivity index (χ3v) is 2.62. The predicted octanol–water partition coefficient (Wildman–Crippen LogP) is 2.64. The van der Waals surface area contributed by atoms with Crippen molar-refractivity contribution in [3.63, 3.8) is 0 Å². The maximum absolute atomic E-state index is 5.75. The Kier molecular flexibility index (Phi) is 4.13. The van der Waals surface area contributed by atoms with Gasteiger partial charge in [-0.05, 0) is 25.1 Å². The normalized spacial score (nSPS) is 12.5.